The summed E-state index contributed by atoms with van der Waals surface area (Å²) in [6.45, 7) is 11.2. The second-order valence-corrected chi connectivity index (χ2v) is 16.6. The lowest BCUT2D eigenvalue weighted by molar-refractivity contribution is -0.153. The Morgan fingerprint density at radius 3 is 2.33 bits per heavy atom. The van der Waals surface area contributed by atoms with Crippen LogP contribution in [0, 0.1) is 28.6 Å². The molecule has 3 aliphatic heterocycles. The first-order chi connectivity index (χ1) is 24.5. The SMILES string of the molecule is C[C@@H](OCC1CCCCC1)[C@H](NC(=O)[C@@H]1CN(C(=O)c2cnn(Cc3ccccc3)c2)CC12CN(C(=O)[C@H]1CC1(C)C)C2)C(=O)N1CCNCC1. The van der Waals surface area contributed by atoms with Crippen molar-refractivity contribution in [3.8, 4) is 0 Å². The van der Waals surface area contributed by atoms with Gasteiger partial charge in [-0.3, -0.25) is 23.9 Å². The van der Waals surface area contributed by atoms with Crippen molar-refractivity contribution in [1.82, 2.24) is 35.1 Å². The summed E-state index contributed by atoms with van der Waals surface area (Å²) in [4.78, 5) is 61.3. The van der Waals surface area contributed by atoms with E-state index >= 15 is 0 Å². The fraction of sp³-hybridized carbons (Fsp3) is 0.667. The molecule has 12 heteroatoms. The summed E-state index contributed by atoms with van der Waals surface area (Å²) in [6, 6.07) is 9.11. The van der Waals surface area contributed by atoms with Crippen molar-refractivity contribution < 1.29 is 23.9 Å². The van der Waals surface area contributed by atoms with Crippen LogP contribution in [0.4, 0.5) is 0 Å². The monoisotopic (exact) mass is 701 g/mol. The Balaban J connectivity index is 1.08. The van der Waals surface area contributed by atoms with Gasteiger partial charge in [-0.2, -0.15) is 5.10 Å². The van der Waals surface area contributed by atoms with Crippen molar-refractivity contribution in [1.29, 1.82) is 0 Å². The summed E-state index contributed by atoms with van der Waals surface area (Å²) in [5, 5.41) is 10.9. The van der Waals surface area contributed by atoms with Gasteiger partial charge in [0.1, 0.15) is 6.04 Å². The highest BCUT2D eigenvalue weighted by Crippen LogP contribution is 2.54. The lowest BCUT2D eigenvalue weighted by atomic mass is 9.70. The molecule has 4 atom stereocenters. The summed E-state index contributed by atoms with van der Waals surface area (Å²) in [6.07, 6.45) is 9.61. The molecule has 2 saturated carbocycles. The average Bonchev–Trinajstić information content (AvgIpc) is 3.42. The number of aromatic nitrogens is 2. The Bertz CT molecular complexity index is 1570. The normalized spacial score (nSPS) is 25.3. The van der Waals surface area contributed by atoms with Gasteiger partial charge in [-0.05, 0) is 43.1 Å². The van der Waals surface area contributed by atoms with Crippen LogP contribution in [-0.4, -0.2) is 119 Å². The van der Waals surface area contributed by atoms with Crippen molar-refractivity contribution in [3.05, 3.63) is 53.9 Å². The number of piperazine rings is 1. The number of carbonyl (C=O) groups excluding carboxylic acids is 4. The summed E-state index contributed by atoms with van der Waals surface area (Å²) < 4.78 is 8.12. The third kappa shape index (κ3) is 7.72. The van der Waals surface area contributed by atoms with Crippen molar-refractivity contribution in [3.63, 3.8) is 0 Å². The molecule has 5 fully saturated rings. The molecule has 0 radical (unpaired) electrons. The van der Waals surface area contributed by atoms with Gasteiger partial charge in [-0.15, -0.1) is 0 Å². The number of rotatable bonds is 11. The number of nitrogens with one attached hydrogen (secondary N) is 2. The number of amides is 4. The van der Waals surface area contributed by atoms with E-state index < -0.39 is 23.5 Å². The van der Waals surface area contributed by atoms with E-state index in [-0.39, 0.29) is 41.5 Å². The quantitative estimate of drug-likeness (QED) is 0.369. The average molecular weight is 702 g/mol. The molecule has 0 unspecified atom stereocenters. The second-order valence-electron chi connectivity index (χ2n) is 16.6. The number of hydrogen-bond donors (Lipinski definition) is 2. The van der Waals surface area contributed by atoms with Gasteiger partial charge in [0, 0.05) is 76.5 Å². The van der Waals surface area contributed by atoms with Gasteiger partial charge < -0.3 is 30.1 Å². The molecule has 51 heavy (non-hydrogen) atoms. The van der Waals surface area contributed by atoms with Crippen molar-refractivity contribution >= 4 is 23.6 Å². The molecule has 5 aliphatic rings. The van der Waals surface area contributed by atoms with Gasteiger partial charge >= 0.3 is 0 Å². The molecule has 0 bridgehead atoms. The Hall–Kier alpha value is -3.77. The van der Waals surface area contributed by atoms with Crippen LogP contribution in [0.3, 0.4) is 0 Å². The molecule has 3 saturated heterocycles. The Kier molecular flexibility index (Phi) is 10.3. The predicted molar refractivity (Wildman–Crippen MR) is 191 cm³/mol. The van der Waals surface area contributed by atoms with Crippen LogP contribution in [0.1, 0.15) is 75.2 Å². The highest BCUT2D eigenvalue weighted by Gasteiger charge is 2.62. The summed E-state index contributed by atoms with van der Waals surface area (Å²) in [5.41, 5.74) is 0.949. The zero-order chi connectivity index (χ0) is 35.8. The van der Waals surface area contributed by atoms with E-state index in [1.807, 2.05) is 47.1 Å². The van der Waals surface area contributed by atoms with Crippen LogP contribution in [0.2, 0.25) is 0 Å². The largest absolute Gasteiger partial charge is 0.376 e. The van der Waals surface area contributed by atoms with E-state index in [1.165, 1.54) is 19.3 Å². The Morgan fingerprint density at radius 2 is 1.65 bits per heavy atom. The number of likely N-dealkylation sites (tertiary alicyclic amines) is 2. The van der Waals surface area contributed by atoms with Gasteiger partial charge in [0.2, 0.25) is 17.7 Å². The fourth-order valence-electron chi connectivity index (χ4n) is 8.75. The summed E-state index contributed by atoms with van der Waals surface area (Å²) in [5.74, 6) is -0.556. The molecule has 2 N–H and O–H groups in total. The number of carbonyl (C=O) groups is 4. The van der Waals surface area contributed by atoms with Crippen molar-refractivity contribution in [2.75, 3.05) is 59.0 Å². The van der Waals surface area contributed by atoms with Crippen molar-refractivity contribution in [2.45, 2.75) is 78.0 Å². The third-order valence-corrected chi connectivity index (χ3v) is 12.2. The Labute approximate surface area is 301 Å². The first-order valence-electron chi connectivity index (χ1n) is 19.1. The van der Waals surface area contributed by atoms with Gasteiger partial charge in [0.15, 0.2) is 0 Å². The van der Waals surface area contributed by atoms with Crippen LogP contribution in [0.25, 0.3) is 0 Å². The topological polar surface area (TPSA) is 129 Å². The van der Waals surface area contributed by atoms with Crippen LogP contribution >= 0.6 is 0 Å². The smallest absolute Gasteiger partial charge is 0.257 e. The highest BCUT2D eigenvalue weighted by atomic mass is 16.5. The third-order valence-electron chi connectivity index (χ3n) is 12.2. The molecule has 1 aromatic heterocycles. The van der Waals surface area contributed by atoms with Crippen LogP contribution in [0.5, 0.6) is 0 Å². The maximum absolute atomic E-state index is 14.5. The fourth-order valence-corrected chi connectivity index (χ4v) is 8.75. The Morgan fingerprint density at radius 1 is 0.961 bits per heavy atom. The first-order valence-corrected chi connectivity index (χ1v) is 19.1. The number of benzene rings is 1. The standard InChI is InChI=1S/C39H55N7O5/c1-27(51-23-29-12-8-5-9-13-29)33(37(50)43-16-14-40-15-17-43)42-34(47)32-22-44(24-39(32)25-45(26-39)36(49)31-18-38(31,2)3)35(48)30-19-41-46(21-30)20-28-10-6-4-7-11-28/h4,6-7,10-11,19,21,27,29,31-33,40H,5,8-9,12-18,20,22-26H2,1-3H3,(H,42,47)/t27-,31-,32+,33+/m1/s1. The van der Waals surface area contributed by atoms with Gasteiger partial charge in [-0.25, -0.2) is 0 Å². The highest BCUT2D eigenvalue weighted by molar-refractivity contribution is 5.96. The second kappa shape index (κ2) is 14.7. The maximum Gasteiger partial charge on any atom is 0.257 e. The zero-order valence-corrected chi connectivity index (χ0v) is 30.5. The predicted octanol–water partition coefficient (Wildman–Crippen LogP) is 2.78. The van der Waals surface area contributed by atoms with Crippen LogP contribution in [0.15, 0.2) is 42.7 Å². The minimum Gasteiger partial charge on any atom is -0.376 e. The van der Waals surface area contributed by atoms with Gasteiger partial charge in [0.05, 0.1) is 30.3 Å². The summed E-state index contributed by atoms with van der Waals surface area (Å²) >= 11 is 0. The molecule has 1 aromatic carbocycles. The molecular formula is C39H55N7O5. The van der Waals surface area contributed by atoms with Crippen LogP contribution < -0.4 is 10.6 Å². The van der Waals surface area contributed by atoms with Gasteiger partial charge in [0.25, 0.3) is 5.91 Å². The number of ether oxygens (including phenoxy) is 1. The van der Waals surface area contributed by atoms with E-state index in [9.17, 15) is 19.2 Å². The van der Waals surface area contributed by atoms with Gasteiger partial charge in [-0.1, -0.05) is 63.4 Å². The molecule has 276 valence electrons. The van der Waals surface area contributed by atoms with E-state index in [1.54, 1.807) is 22.0 Å². The van der Waals surface area contributed by atoms with E-state index in [2.05, 4.69) is 29.6 Å². The molecule has 12 nitrogen and oxygen atoms in total. The molecule has 2 aromatic rings. The van der Waals surface area contributed by atoms with E-state index in [4.69, 9.17) is 4.74 Å². The summed E-state index contributed by atoms with van der Waals surface area (Å²) in [7, 11) is 0. The molecule has 1 spiro atoms. The zero-order valence-electron chi connectivity index (χ0n) is 30.5. The lowest BCUT2D eigenvalue weighted by Crippen LogP contribution is -2.66. The molecule has 4 heterocycles. The first kappa shape index (κ1) is 35.6. The van der Waals surface area contributed by atoms with Crippen LogP contribution in [-0.2, 0) is 25.7 Å². The van der Waals surface area contributed by atoms with Crippen molar-refractivity contribution in [2.24, 2.45) is 28.6 Å². The number of hydrogen-bond acceptors (Lipinski definition) is 7. The minimum absolute atomic E-state index is 0.0000784. The minimum atomic E-state index is -0.845. The van der Waals surface area contributed by atoms with E-state index in [0.717, 1.165) is 24.8 Å². The maximum atomic E-state index is 14.5. The number of nitrogens with zero attached hydrogens (tertiary/aromatic N) is 5. The lowest BCUT2D eigenvalue weighted by Gasteiger charge is -2.50. The molecule has 2 aliphatic carbocycles. The van der Waals surface area contributed by atoms with E-state index in [0.29, 0.717) is 70.4 Å². The molecule has 4 amide bonds. The molecule has 7 rings (SSSR count). The molecular weight excluding hydrogens is 646 g/mol.